The van der Waals surface area contributed by atoms with Gasteiger partial charge < -0.3 is 15.0 Å². The summed E-state index contributed by atoms with van der Waals surface area (Å²) in [5.74, 6) is 0.648. The van der Waals surface area contributed by atoms with Gasteiger partial charge in [0.05, 0.1) is 0 Å². The zero-order valence-electron chi connectivity index (χ0n) is 16.5. The van der Waals surface area contributed by atoms with Crippen molar-refractivity contribution in [3.63, 3.8) is 0 Å². The summed E-state index contributed by atoms with van der Waals surface area (Å²) in [5.41, 5.74) is 4.51. The van der Waals surface area contributed by atoms with Crippen LogP contribution in [0.3, 0.4) is 0 Å². The summed E-state index contributed by atoms with van der Waals surface area (Å²) >= 11 is 0. The van der Waals surface area contributed by atoms with Crippen molar-refractivity contribution in [2.45, 2.75) is 47.3 Å². The largest absolute Gasteiger partial charge is 0.481 e. The first-order valence-electron chi connectivity index (χ1n) is 9.30. The molecule has 1 amide bonds. The van der Waals surface area contributed by atoms with E-state index in [1.165, 1.54) is 5.69 Å². The zero-order chi connectivity index (χ0) is 19.1. The molecule has 140 valence electrons. The van der Waals surface area contributed by atoms with Crippen molar-refractivity contribution in [3.05, 3.63) is 59.2 Å². The van der Waals surface area contributed by atoms with Gasteiger partial charge in [0.25, 0.3) is 5.91 Å². The lowest BCUT2D eigenvalue weighted by molar-refractivity contribution is -0.127. The Hall–Kier alpha value is -2.49. The quantitative estimate of drug-likeness (QED) is 0.771. The number of benzene rings is 2. The molecular weight excluding hydrogens is 324 g/mol. The molecule has 26 heavy (non-hydrogen) atoms. The Morgan fingerprint density at radius 3 is 2.35 bits per heavy atom. The van der Waals surface area contributed by atoms with Crippen LogP contribution in [-0.4, -0.2) is 25.1 Å². The van der Waals surface area contributed by atoms with E-state index in [9.17, 15) is 4.79 Å². The second-order valence-electron chi connectivity index (χ2n) is 6.51. The molecular formula is C22H30N2O2. The van der Waals surface area contributed by atoms with Crippen LogP contribution in [0.15, 0.2) is 42.5 Å². The molecule has 0 aliphatic heterocycles. The van der Waals surface area contributed by atoms with E-state index >= 15 is 0 Å². The van der Waals surface area contributed by atoms with Crippen molar-refractivity contribution in [2.75, 3.05) is 18.0 Å². The molecule has 1 atom stereocenters. The minimum absolute atomic E-state index is 0.112. The number of nitrogens with one attached hydrogen (secondary N) is 1. The number of hydrogen-bond acceptors (Lipinski definition) is 3. The van der Waals surface area contributed by atoms with Crippen LogP contribution < -0.4 is 15.0 Å². The molecule has 0 bridgehead atoms. The number of aryl methyl sites for hydroxylation is 1. The smallest absolute Gasteiger partial charge is 0.261 e. The van der Waals surface area contributed by atoms with Gasteiger partial charge in [0.2, 0.25) is 0 Å². The third kappa shape index (κ3) is 5.01. The van der Waals surface area contributed by atoms with E-state index in [1.807, 2.05) is 32.0 Å². The number of hydrogen-bond donors (Lipinski definition) is 1. The SMILES string of the molecule is CCN(CC)c1ccc(CNC(=O)[C@H](C)Oc2cccc(C)c2C)cc1. The van der Waals surface area contributed by atoms with Crippen LogP contribution in [-0.2, 0) is 11.3 Å². The van der Waals surface area contributed by atoms with Gasteiger partial charge in [-0.1, -0.05) is 24.3 Å². The first-order chi connectivity index (χ1) is 12.5. The minimum Gasteiger partial charge on any atom is -0.481 e. The summed E-state index contributed by atoms with van der Waals surface area (Å²) in [6.07, 6.45) is -0.537. The number of anilines is 1. The third-order valence-corrected chi connectivity index (χ3v) is 4.76. The maximum atomic E-state index is 12.3. The number of carbonyl (C=O) groups is 1. The van der Waals surface area contributed by atoms with Crippen LogP contribution in [0.4, 0.5) is 5.69 Å². The van der Waals surface area contributed by atoms with Crippen molar-refractivity contribution in [1.29, 1.82) is 0 Å². The molecule has 0 spiro atoms. The summed E-state index contributed by atoms with van der Waals surface area (Å²) in [5, 5.41) is 2.95. The van der Waals surface area contributed by atoms with E-state index in [-0.39, 0.29) is 5.91 Å². The lowest BCUT2D eigenvalue weighted by atomic mass is 10.1. The molecule has 2 aromatic rings. The molecule has 0 fully saturated rings. The van der Waals surface area contributed by atoms with Crippen molar-refractivity contribution in [2.24, 2.45) is 0 Å². The van der Waals surface area contributed by atoms with Crippen LogP contribution in [0.2, 0.25) is 0 Å². The fourth-order valence-electron chi connectivity index (χ4n) is 2.84. The van der Waals surface area contributed by atoms with Crippen molar-refractivity contribution in [3.8, 4) is 5.75 Å². The molecule has 4 heteroatoms. The van der Waals surface area contributed by atoms with Gasteiger partial charge in [-0.3, -0.25) is 4.79 Å². The Morgan fingerprint density at radius 2 is 1.73 bits per heavy atom. The summed E-state index contributed by atoms with van der Waals surface area (Å²) in [7, 11) is 0. The predicted molar refractivity (Wildman–Crippen MR) is 108 cm³/mol. The second-order valence-corrected chi connectivity index (χ2v) is 6.51. The summed E-state index contributed by atoms with van der Waals surface area (Å²) in [6, 6.07) is 14.2. The van der Waals surface area contributed by atoms with Crippen molar-refractivity contribution >= 4 is 11.6 Å². The highest BCUT2D eigenvalue weighted by molar-refractivity contribution is 5.80. The van der Waals surface area contributed by atoms with Crippen LogP contribution in [0.5, 0.6) is 5.75 Å². The lowest BCUT2D eigenvalue weighted by Gasteiger charge is -2.21. The first-order valence-corrected chi connectivity index (χ1v) is 9.30. The Balaban J connectivity index is 1.90. The van der Waals surface area contributed by atoms with Crippen molar-refractivity contribution in [1.82, 2.24) is 5.32 Å². The van der Waals surface area contributed by atoms with Gasteiger partial charge in [-0.15, -0.1) is 0 Å². The first kappa shape index (κ1) is 19.8. The van der Waals surface area contributed by atoms with E-state index in [1.54, 1.807) is 6.92 Å². The molecule has 0 saturated carbocycles. The molecule has 1 N–H and O–H groups in total. The highest BCUT2D eigenvalue weighted by Crippen LogP contribution is 2.21. The summed E-state index contributed by atoms with van der Waals surface area (Å²) in [6.45, 7) is 12.6. The second kappa shape index (κ2) is 9.27. The van der Waals surface area contributed by atoms with Crippen LogP contribution in [0, 0.1) is 13.8 Å². The van der Waals surface area contributed by atoms with E-state index in [0.29, 0.717) is 6.54 Å². The monoisotopic (exact) mass is 354 g/mol. The van der Waals surface area contributed by atoms with Gasteiger partial charge in [0.1, 0.15) is 5.75 Å². The molecule has 0 aliphatic rings. The molecule has 2 aromatic carbocycles. The molecule has 0 radical (unpaired) electrons. The molecule has 0 unspecified atom stereocenters. The van der Waals surface area contributed by atoms with Crippen LogP contribution in [0.1, 0.15) is 37.5 Å². The highest BCUT2D eigenvalue weighted by Gasteiger charge is 2.15. The fraction of sp³-hybridized carbons (Fsp3) is 0.409. The summed E-state index contributed by atoms with van der Waals surface area (Å²) in [4.78, 5) is 14.6. The van der Waals surface area contributed by atoms with Crippen LogP contribution in [0.25, 0.3) is 0 Å². The van der Waals surface area contributed by atoms with Crippen molar-refractivity contribution < 1.29 is 9.53 Å². The molecule has 2 rings (SSSR count). The van der Waals surface area contributed by atoms with Gasteiger partial charge in [-0.2, -0.15) is 0 Å². The average molecular weight is 354 g/mol. The van der Waals surface area contributed by atoms with Crippen LogP contribution >= 0.6 is 0 Å². The Kier molecular flexibility index (Phi) is 7.07. The Labute approximate surface area is 157 Å². The van der Waals surface area contributed by atoms with Gasteiger partial charge >= 0.3 is 0 Å². The molecule has 0 heterocycles. The number of nitrogens with zero attached hydrogens (tertiary/aromatic N) is 1. The fourth-order valence-corrected chi connectivity index (χ4v) is 2.84. The number of carbonyl (C=O) groups excluding carboxylic acids is 1. The molecule has 0 aliphatic carbocycles. The average Bonchev–Trinajstić information content (AvgIpc) is 2.65. The standard InChI is InChI=1S/C22H30N2O2/c1-6-24(7-2)20-13-11-19(12-14-20)15-23-22(25)18(5)26-21-10-8-9-16(3)17(21)4/h8-14,18H,6-7,15H2,1-5H3,(H,23,25)/t18-/m0/s1. The Morgan fingerprint density at radius 1 is 1.08 bits per heavy atom. The van der Waals surface area contributed by atoms with E-state index in [2.05, 4.69) is 48.3 Å². The summed E-state index contributed by atoms with van der Waals surface area (Å²) < 4.78 is 5.84. The maximum Gasteiger partial charge on any atom is 0.261 e. The highest BCUT2D eigenvalue weighted by atomic mass is 16.5. The third-order valence-electron chi connectivity index (χ3n) is 4.76. The van der Waals surface area contributed by atoms with Gasteiger partial charge in [-0.25, -0.2) is 0 Å². The Bertz CT molecular complexity index is 721. The molecule has 0 saturated heterocycles. The molecule has 4 nitrogen and oxygen atoms in total. The number of rotatable bonds is 8. The van der Waals surface area contributed by atoms with Gasteiger partial charge in [0.15, 0.2) is 6.10 Å². The normalized spacial score (nSPS) is 11.7. The number of ether oxygens (including phenoxy) is 1. The van der Waals surface area contributed by atoms with E-state index in [4.69, 9.17) is 4.74 Å². The predicted octanol–water partition coefficient (Wildman–Crippen LogP) is 4.23. The van der Waals surface area contributed by atoms with E-state index < -0.39 is 6.10 Å². The minimum atomic E-state index is -0.537. The topological polar surface area (TPSA) is 41.6 Å². The lowest BCUT2D eigenvalue weighted by Crippen LogP contribution is -2.36. The zero-order valence-corrected chi connectivity index (χ0v) is 16.5. The number of amides is 1. The molecule has 0 aromatic heterocycles. The maximum absolute atomic E-state index is 12.3. The van der Waals surface area contributed by atoms with Gasteiger partial charge in [-0.05, 0) is 69.5 Å². The van der Waals surface area contributed by atoms with Gasteiger partial charge in [0, 0.05) is 25.3 Å². The van der Waals surface area contributed by atoms with E-state index in [0.717, 1.165) is 35.5 Å².